The summed E-state index contributed by atoms with van der Waals surface area (Å²) < 4.78 is 0. The van der Waals surface area contributed by atoms with Crippen molar-refractivity contribution in [1.82, 2.24) is 31.5 Å². The maximum Gasteiger partial charge on any atom is 0.243 e. The standard InChI is InChI=1S/C30H44N6O7/c1-4-31-25(38)18-34-29(42)23(15-21-11-7-5-8-12-21)35-27(40)19-33-26(39)17-32-24(37)13-9-6-10-14-36-28(41)16-22(20(2)3)30(36)43/h5,7-8,11-12,20,22-23H,4,6,9-10,13-19H2,1-3H3,(H,31,38)(H,32,37)(H,33,39)(H,34,42)(H,35,40). The fraction of sp³-hybridized carbons (Fsp3) is 0.567. The minimum atomic E-state index is -0.973. The van der Waals surface area contributed by atoms with E-state index in [9.17, 15) is 33.6 Å². The first kappa shape index (κ1) is 34.9. The summed E-state index contributed by atoms with van der Waals surface area (Å²) in [7, 11) is 0. The highest BCUT2D eigenvalue weighted by molar-refractivity contribution is 6.03. The number of unbranched alkanes of at least 4 members (excludes halogenated alkanes) is 2. The summed E-state index contributed by atoms with van der Waals surface area (Å²) in [6.45, 7) is 5.41. The first-order valence-electron chi connectivity index (χ1n) is 14.8. The molecule has 1 aromatic rings. The van der Waals surface area contributed by atoms with Crippen molar-refractivity contribution >= 4 is 41.4 Å². The molecular weight excluding hydrogens is 556 g/mol. The van der Waals surface area contributed by atoms with Crippen LogP contribution in [0.15, 0.2) is 30.3 Å². The van der Waals surface area contributed by atoms with Crippen molar-refractivity contribution in [3.63, 3.8) is 0 Å². The molecule has 0 aromatic heterocycles. The smallest absolute Gasteiger partial charge is 0.243 e. The minimum Gasteiger partial charge on any atom is -0.355 e. The maximum atomic E-state index is 12.7. The van der Waals surface area contributed by atoms with Crippen LogP contribution in [0.3, 0.4) is 0 Å². The van der Waals surface area contributed by atoms with Gasteiger partial charge in [0.1, 0.15) is 6.04 Å². The lowest BCUT2D eigenvalue weighted by Crippen LogP contribution is -2.52. The van der Waals surface area contributed by atoms with Gasteiger partial charge in [0.15, 0.2) is 0 Å². The van der Waals surface area contributed by atoms with Crippen LogP contribution in [0.25, 0.3) is 0 Å². The Morgan fingerprint density at radius 1 is 0.814 bits per heavy atom. The highest BCUT2D eigenvalue weighted by Gasteiger charge is 2.39. The number of benzene rings is 1. The molecule has 7 amide bonds. The second-order valence-corrected chi connectivity index (χ2v) is 10.8. The zero-order valence-electron chi connectivity index (χ0n) is 25.2. The van der Waals surface area contributed by atoms with Gasteiger partial charge in [-0.1, -0.05) is 50.6 Å². The molecule has 2 atom stereocenters. The average molecular weight is 601 g/mol. The van der Waals surface area contributed by atoms with Gasteiger partial charge in [0.05, 0.1) is 19.6 Å². The van der Waals surface area contributed by atoms with Crippen molar-refractivity contribution in [3.05, 3.63) is 35.9 Å². The number of hydrogen-bond donors (Lipinski definition) is 5. The number of likely N-dealkylation sites (N-methyl/N-ethyl adjacent to an activating group) is 1. The molecule has 1 saturated heterocycles. The van der Waals surface area contributed by atoms with E-state index >= 15 is 0 Å². The molecule has 0 radical (unpaired) electrons. The van der Waals surface area contributed by atoms with Gasteiger partial charge in [0.2, 0.25) is 41.4 Å². The Kier molecular flexibility index (Phi) is 14.8. The number of carbonyl (C=O) groups is 7. The van der Waals surface area contributed by atoms with Crippen molar-refractivity contribution in [3.8, 4) is 0 Å². The summed E-state index contributed by atoms with van der Waals surface area (Å²) in [6.07, 6.45) is 2.39. The zero-order valence-corrected chi connectivity index (χ0v) is 25.2. The maximum absolute atomic E-state index is 12.7. The van der Waals surface area contributed by atoms with E-state index in [1.54, 1.807) is 31.2 Å². The molecule has 1 fully saturated rings. The zero-order chi connectivity index (χ0) is 31.8. The Labute approximate surface area is 252 Å². The number of rotatable bonds is 18. The van der Waals surface area contributed by atoms with Gasteiger partial charge in [-0.25, -0.2) is 0 Å². The fourth-order valence-electron chi connectivity index (χ4n) is 4.56. The van der Waals surface area contributed by atoms with E-state index in [1.165, 1.54) is 4.90 Å². The molecule has 2 unspecified atom stereocenters. The highest BCUT2D eigenvalue weighted by atomic mass is 16.2. The quantitative estimate of drug-likeness (QED) is 0.114. The normalized spacial score (nSPS) is 15.2. The number of amides is 7. The summed E-state index contributed by atoms with van der Waals surface area (Å²) in [4.78, 5) is 86.9. The molecule has 1 heterocycles. The molecule has 43 heavy (non-hydrogen) atoms. The highest BCUT2D eigenvalue weighted by Crippen LogP contribution is 2.26. The number of nitrogens with zero attached hydrogens (tertiary/aromatic N) is 1. The van der Waals surface area contributed by atoms with Crippen LogP contribution >= 0.6 is 0 Å². The van der Waals surface area contributed by atoms with Crippen LogP contribution in [0.2, 0.25) is 0 Å². The molecule has 13 nitrogen and oxygen atoms in total. The predicted octanol–water partition coefficient (Wildman–Crippen LogP) is -0.210. The van der Waals surface area contributed by atoms with Crippen LogP contribution in [-0.4, -0.2) is 85.0 Å². The number of imide groups is 1. The Morgan fingerprint density at radius 2 is 1.44 bits per heavy atom. The molecular formula is C30H44N6O7. The molecule has 1 aliphatic heterocycles. The first-order chi connectivity index (χ1) is 20.5. The van der Waals surface area contributed by atoms with Crippen LogP contribution in [0.1, 0.15) is 58.4 Å². The molecule has 0 bridgehead atoms. The van der Waals surface area contributed by atoms with Crippen molar-refractivity contribution in [1.29, 1.82) is 0 Å². The van der Waals surface area contributed by atoms with E-state index in [0.29, 0.717) is 32.4 Å². The Bertz CT molecular complexity index is 1140. The largest absolute Gasteiger partial charge is 0.355 e. The van der Waals surface area contributed by atoms with Crippen molar-refractivity contribution < 1.29 is 33.6 Å². The molecule has 0 spiro atoms. The Balaban J connectivity index is 1.68. The van der Waals surface area contributed by atoms with E-state index in [-0.39, 0.29) is 67.8 Å². The topological polar surface area (TPSA) is 183 Å². The van der Waals surface area contributed by atoms with Gasteiger partial charge >= 0.3 is 0 Å². The molecule has 1 aromatic carbocycles. The van der Waals surface area contributed by atoms with Gasteiger partial charge in [-0.3, -0.25) is 38.5 Å². The molecule has 1 aliphatic rings. The van der Waals surface area contributed by atoms with Crippen LogP contribution in [0.5, 0.6) is 0 Å². The molecule has 2 rings (SSSR count). The average Bonchev–Trinajstić information content (AvgIpc) is 3.26. The summed E-state index contributed by atoms with van der Waals surface area (Å²) in [6, 6.07) is 8.06. The van der Waals surface area contributed by atoms with Crippen LogP contribution < -0.4 is 26.6 Å². The second-order valence-electron chi connectivity index (χ2n) is 10.8. The monoisotopic (exact) mass is 600 g/mol. The summed E-state index contributed by atoms with van der Waals surface area (Å²) in [5.74, 6) is -2.82. The number of hydrogen-bond acceptors (Lipinski definition) is 7. The lowest BCUT2D eigenvalue weighted by Gasteiger charge is -2.19. The van der Waals surface area contributed by atoms with Gasteiger partial charge in [-0.05, 0) is 31.2 Å². The third kappa shape index (κ3) is 12.6. The van der Waals surface area contributed by atoms with Crippen LogP contribution in [0.4, 0.5) is 0 Å². The van der Waals surface area contributed by atoms with Gasteiger partial charge in [0.25, 0.3) is 0 Å². The van der Waals surface area contributed by atoms with E-state index in [4.69, 9.17) is 0 Å². The van der Waals surface area contributed by atoms with Crippen molar-refractivity contribution in [2.24, 2.45) is 11.8 Å². The minimum absolute atomic E-state index is 0.117. The predicted molar refractivity (Wildman–Crippen MR) is 158 cm³/mol. The number of likely N-dealkylation sites (tertiary alicyclic amines) is 1. The van der Waals surface area contributed by atoms with Gasteiger partial charge in [0, 0.05) is 38.3 Å². The van der Waals surface area contributed by atoms with Gasteiger partial charge < -0.3 is 26.6 Å². The van der Waals surface area contributed by atoms with Crippen molar-refractivity contribution in [2.75, 3.05) is 32.7 Å². The molecule has 0 aliphatic carbocycles. The first-order valence-corrected chi connectivity index (χ1v) is 14.8. The number of carbonyl (C=O) groups excluding carboxylic acids is 7. The van der Waals surface area contributed by atoms with Gasteiger partial charge in [-0.2, -0.15) is 0 Å². The van der Waals surface area contributed by atoms with E-state index in [0.717, 1.165) is 5.56 Å². The summed E-state index contributed by atoms with van der Waals surface area (Å²) in [5, 5.41) is 12.6. The van der Waals surface area contributed by atoms with Crippen molar-refractivity contribution in [2.45, 2.75) is 65.3 Å². The summed E-state index contributed by atoms with van der Waals surface area (Å²) >= 11 is 0. The summed E-state index contributed by atoms with van der Waals surface area (Å²) in [5.41, 5.74) is 0.797. The van der Waals surface area contributed by atoms with E-state index in [1.807, 2.05) is 19.9 Å². The molecule has 0 saturated carbocycles. The third-order valence-electron chi connectivity index (χ3n) is 6.99. The van der Waals surface area contributed by atoms with E-state index in [2.05, 4.69) is 26.6 Å². The Morgan fingerprint density at radius 3 is 2.09 bits per heavy atom. The molecule has 5 N–H and O–H groups in total. The molecule has 13 heteroatoms. The Hall–Kier alpha value is -4.29. The molecule has 236 valence electrons. The SMILES string of the molecule is CCNC(=O)CNC(=O)C(Cc1ccccc1)NC(=O)CNC(=O)CNC(=O)CCCCCN1C(=O)CC(C(C)C)C1=O. The van der Waals surface area contributed by atoms with Crippen LogP contribution in [-0.2, 0) is 40.0 Å². The number of nitrogens with one attached hydrogen (secondary N) is 5. The lowest BCUT2D eigenvalue weighted by atomic mass is 9.94. The van der Waals surface area contributed by atoms with E-state index < -0.39 is 30.3 Å². The fourth-order valence-corrected chi connectivity index (χ4v) is 4.56. The third-order valence-corrected chi connectivity index (χ3v) is 6.99. The lowest BCUT2D eigenvalue weighted by molar-refractivity contribution is -0.140. The second kappa shape index (κ2) is 18.3. The van der Waals surface area contributed by atoms with Gasteiger partial charge in [-0.15, -0.1) is 0 Å². The van der Waals surface area contributed by atoms with Crippen LogP contribution in [0, 0.1) is 11.8 Å².